The van der Waals surface area contributed by atoms with E-state index in [-0.39, 0.29) is 22.5 Å². The quantitative estimate of drug-likeness (QED) is 0.167. The number of aliphatic hydroxyl groups is 1. The summed E-state index contributed by atoms with van der Waals surface area (Å²) in [6.45, 7) is 1.32. The number of amides is 1. The van der Waals surface area contributed by atoms with Crippen LogP contribution in [-0.4, -0.2) is 57.5 Å². The van der Waals surface area contributed by atoms with Crippen LogP contribution in [0.4, 0.5) is 5.69 Å². The van der Waals surface area contributed by atoms with Gasteiger partial charge in [0.2, 0.25) is 0 Å². The van der Waals surface area contributed by atoms with Gasteiger partial charge in [-0.05, 0) is 0 Å². The number of Topliss-reactive ketones (excluding diaryl/α,β-unsaturated/α-hetero) is 1. The molecule has 156 valence electrons. The average Bonchev–Trinajstić information content (AvgIpc) is 2.68. The number of carboxylic acid groups (broad SMARTS) is 1. The second-order valence-corrected chi connectivity index (χ2v) is 9.29. The summed E-state index contributed by atoms with van der Waals surface area (Å²) >= 11 is -4.83. The number of anilines is 1. The number of aliphatic carboxylic acids is 1. The molecular formula is C18H20AsNO9. The maximum atomic E-state index is 11.3. The monoisotopic (exact) mass is 469 g/mol. The summed E-state index contributed by atoms with van der Waals surface area (Å²) in [4.78, 5) is 32.3. The minimum atomic E-state index is -4.83. The maximum absolute atomic E-state index is 11.3. The van der Waals surface area contributed by atoms with Crippen LogP contribution >= 0.6 is 0 Å². The van der Waals surface area contributed by atoms with Crippen molar-refractivity contribution in [1.29, 1.82) is 0 Å². The smallest absolute Gasteiger partial charge is 0.332 e. The molecule has 0 saturated heterocycles. The normalized spacial score (nSPS) is 13.2. The molecule has 0 spiro atoms. The zero-order chi connectivity index (χ0) is 22.0. The summed E-state index contributed by atoms with van der Waals surface area (Å²) in [6.07, 6.45) is -2.01. The van der Waals surface area contributed by atoms with Crippen molar-refractivity contribution in [2.45, 2.75) is 19.4 Å². The van der Waals surface area contributed by atoms with Crippen molar-refractivity contribution in [3.63, 3.8) is 0 Å². The Morgan fingerprint density at radius 3 is 2.24 bits per heavy atom. The molecule has 0 aliphatic rings. The van der Waals surface area contributed by atoms with Crippen LogP contribution in [0, 0.1) is 0 Å². The molecule has 5 N–H and O–H groups in total. The molecule has 11 heteroatoms. The first-order valence-corrected chi connectivity index (χ1v) is 11.4. The Balaban J connectivity index is 0.000000291. The third-order valence-electron chi connectivity index (χ3n) is 3.36. The Morgan fingerprint density at radius 1 is 1.10 bits per heavy atom. The molecule has 2 atom stereocenters. The summed E-state index contributed by atoms with van der Waals surface area (Å²) < 4.78 is 23.9. The van der Waals surface area contributed by atoms with E-state index < -0.39 is 26.2 Å². The molecular weight excluding hydrogens is 449 g/mol. The third kappa shape index (κ3) is 8.42. The standard InChI is InChI=1S/C10H10O4.C8H10AsNO5/c11-8(6-9(12)10(13)14)7-4-2-1-3-5-7;1-6(11)10-8-4-2-3-7(5-8)9(12,13)15-14/h1-5,9,12H,6H2,(H,13,14);2-5,14H,1H3,(H,10,11)(H,12,13). The first-order valence-electron chi connectivity index (χ1n) is 8.10. The van der Waals surface area contributed by atoms with Crippen LogP contribution in [0.2, 0.25) is 0 Å². The van der Waals surface area contributed by atoms with Gasteiger partial charge in [-0.1, -0.05) is 30.3 Å². The summed E-state index contributed by atoms with van der Waals surface area (Å²) in [6, 6.07) is 13.9. The zero-order valence-electron chi connectivity index (χ0n) is 15.3. The van der Waals surface area contributed by atoms with Crippen LogP contribution < -0.4 is 9.67 Å². The van der Waals surface area contributed by atoms with Gasteiger partial charge in [0.15, 0.2) is 11.9 Å². The number of hydrogen-bond donors (Lipinski definition) is 5. The van der Waals surface area contributed by atoms with Gasteiger partial charge >= 0.3 is 94.4 Å². The second-order valence-electron chi connectivity index (χ2n) is 5.68. The molecule has 0 aromatic heterocycles. The van der Waals surface area contributed by atoms with Crippen LogP contribution in [0.3, 0.4) is 0 Å². The van der Waals surface area contributed by atoms with E-state index in [9.17, 15) is 22.2 Å². The van der Waals surface area contributed by atoms with Crippen molar-refractivity contribution in [3.05, 3.63) is 60.2 Å². The molecule has 0 saturated carbocycles. The Kier molecular flexibility index (Phi) is 9.46. The van der Waals surface area contributed by atoms with Gasteiger partial charge in [0.05, 0.1) is 0 Å². The minimum absolute atomic E-state index is 0.0399. The molecule has 2 aromatic rings. The van der Waals surface area contributed by atoms with E-state index in [2.05, 4.69) is 9.19 Å². The van der Waals surface area contributed by atoms with Gasteiger partial charge in [-0.15, -0.1) is 0 Å². The number of nitrogens with one attached hydrogen (secondary N) is 1. The number of hydrogen-bond acceptors (Lipinski definition) is 7. The summed E-state index contributed by atoms with van der Waals surface area (Å²) in [5, 5.41) is 28.0. The average molecular weight is 469 g/mol. The topological polar surface area (TPSA) is 170 Å². The van der Waals surface area contributed by atoms with E-state index in [1.165, 1.54) is 25.1 Å². The molecule has 2 unspecified atom stereocenters. The van der Waals surface area contributed by atoms with Crippen LogP contribution in [0.25, 0.3) is 0 Å². The summed E-state index contributed by atoms with van der Waals surface area (Å²) in [5.74, 6) is -2.05. The van der Waals surface area contributed by atoms with Gasteiger partial charge in [-0.25, -0.2) is 4.79 Å². The molecule has 0 heterocycles. The molecule has 0 aliphatic heterocycles. The van der Waals surface area contributed by atoms with Crippen molar-refractivity contribution in [3.8, 4) is 0 Å². The Morgan fingerprint density at radius 2 is 1.72 bits per heavy atom. The van der Waals surface area contributed by atoms with Gasteiger partial charge in [-0.3, -0.25) is 4.79 Å². The molecule has 2 rings (SSSR count). The van der Waals surface area contributed by atoms with E-state index in [0.717, 1.165) is 0 Å². The van der Waals surface area contributed by atoms with Crippen LogP contribution in [0.1, 0.15) is 23.7 Å². The molecule has 0 radical (unpaired) electrons. The number of rotatable bonds is 7. The van der Waals surface area contributed by atoms with E-state index in [0.29, 0.717) is 11.3 Å². The van der Waals surface area contributed by atoms with E-state index in [4.69, 9.17) is 15.5 Å². The fourth-order valence-electron chi connectivity index (χ4n) is 2.01. The minimum Gasteiger partial charge on any atom is -0.479 e. The zero-order valence-corrected chi connectivity index (χ0v) is 17.1. The molecule has 0 fully saturated rings. The predicted octanol–water partition coefficient (Wildman–Crippen LogP) is 0.408. The molecule has 0 aliphatic carbocycles. The van der Waals surface area contributed by atoms with Gasteiger partial charge in [-0.2, -0.15) is 0 Å². The van der Waals surface area contributed by atoms with Crippen molar-refractivity contribution in [2.24, 2.45) is 0 Å². The Labute approximate surface area is 168 Å². The van der Waals surface area contributed by atoms with Crippen LogP contribution in [0.5, 0.6) is 0 Å². The Bertz CT molecular complexity index is 901. The van der Waals surface area contributed by atoms with Crippen molar-refractivity contribution in [1.82, 2.24) is 0 Å². The van der Waals surface area contributed by atoms with Crippen LogP contribution in [0.15, 0.2) is 54.6 Å². The maximum Gasteiger partial charge on any atom is 0.332 e. The summed E-state index contributed by atoms with van der Waals surface area (Å²) in [7, 11) is 0. The van der Waals surface area contributed by atoms with Gasteiger partial charge in [0.1, 0.15) is 0 Å². The van der Waals surface area contributed by atoms with Gasteiger partial charge < -0.3 is 10.2 Å². The van der Waals surface area contributed by atoms with Crippen molar-refractivity contribution >= 4 is 41.9 Å². The predicted molar refractivity (Wildman–Crippen MR) is 102 cm³/mol. The number of carbonyl (C=O) groups is 3. The number of carbonyl (C=O) groups excluding carboxylic acids is 2. The molecule has 1 amide bonds. The molecule has 0 bridgehead atoms. The number of benzene rings is 2. The van der Waals surface area contributed by atoms with Crippen molar-refractivity contribution < 1.29 is 41.6 Å². The summed E-state index contributed by atoms with van der Waals surface area (Å²) in [5.41, 5.74) is 0.778. The molecule has 10 nitrogen and oxygen atoms in total. The third-order valence-corrected chi connectivity index (χ3v) is 5.78. The molecule has 29 heavy (non-hydrogen) atoms. The SMILES string of the molecule is CC(=O)Nc1cccc([As](=O)(O)OO)c1.O=C(CC(O)C(=O)O)c1ccccc1. The van der Waals surface area contributed by atoms with E-state index >= 15 is 0 Å². The second kappa shape index (κ2) is 11.3. The van der Waals surface area contributed by atoms with Crippen LogP contribution in [-0.2, 0) is 17.2 Å². The first kappa shape index (κ1) is 24.3. The number of aliphatic hydroxyl groups excluding tert-OH is 1. The number of ketones is 1. The van der Waals surface area contributed by atoms with Crippen molar-refractivity contribution in [2.75, 3.05) is 5.32 Å². The number of carboxylic acids is 1. The largest absolute Gasteiger partial charge is 0.479 e. The molecule has 2 aromatic carbocycles. The van der Waals surface area contributed by atoms with Gasteiger partial charge in [0, 0.05) is 12.0 Å². The fraction of sp³-hybridized carbons (Fsp3) is 0.167. The Hall–Kier alpha value is -2.75. The first-order chi connectivity index (χ1) is 13.6. The van der Waals surface area contributed by atoms with Gasteiger partial charge in [0.25, 0.3) is 0 Å². The fourth-order valence-corrected chi connectivity index (χ4v) is 3.42. The van der Waals surface area contributed by atoms with E-state index in [1.807, 2.05) is 0 Å². The van der Waals surface area contributed by atoms with E-state index in [1.54, 1.807) is 36.4 Å².